The van der Waals surface area contributed by atoms with Gasteiger partial charge < -0.3 is 10.6 Å². The Balaban J connectivity index is 2.50. The number of hydrogen-bond donors (Lipinski definition) is 1. The Kier molecular flexibility index (Phi) is 5.44. The number of likely N-dealkylation sites (N-methyl/N-ethyl adjacent to an activating group) is 1. The second-order valence-corrected chi connectivity index (χ2v) is 6.11. The van der Waals surface area contributed by atoms with E-state index in [-0.39, 0.29) is 11.9 Å². The number of carbonyl (C=O) groups is 1. The quantitative estimate of drug-likeness (QED) is 0.820. The summed E-state index contributed by atoms with van der Waals surface area (Å²) in [5.41, 5.74) is 5.97. The van der Waals surface area contributed by atoms with Crippen molar-refractivity contribution in [1.29, 1.82) is 0 Å². The fraction of sp³-hybridized carbons (Fsp3) is 0.929. The maximum absolute atomic E-state index is 12.2. The average molecular weight is 240 g/mol. The lowest BCUT2D eigenvalue weighted by Gasteiger charge is -2.35. The van der Waals surface area contributed by atoms with E-state index < -0.39 is 0 Å². The minimum atomic E-state index is -0.322. The van der Waals surface area contributed by atoms with Crippen LogP contribution in [0.5, 0.6) is 0 Å². The molecule has 0 aromatic heterocycles. The second kappa shape index (κ2) is 6.39. The van der Waals surface area contributed by atoms with Crippen LogP contribution in [0.15, 0.2) is 0 Å². The van der Waals surface area contributed by atoms with Gasteiger partial charge in [0, 0.05) is 13.1 Å². The molecule has 0 aliphatic heterocycles. The Labute approximate surface area is 106 Å². The summed E-state index contributed by atoms with van der Waals surface area (Å²) in [6.45, 7) is 6.49. The smallest absolute Gasteiger partial charge is 0.239 e. The van der Waals surface area contributed by atoms with E-state index in [9.17, 15) is 4.79 Å². The van der Waals surface area contributed by atoms with Crippen molar-refractivity contribution < 1.29 is 4.79 Å². The summed E-state index contributed by atoms with van der Waals surface area (Å²) in [6, 6.07) is 0.0849. The molecule has 1 aliphatic carbocycles. The predicted molar refractivity (Wildman–Crippen MR) is 71.6 cm³/mol. The van der Waals surface area contributed by atoms with E-state index >= 15 is 0 Å². The van der Waals surface area contributed by atoms with Gasteiger partial charge in [-0.3, -0.25) is 4.79 Å². The summed E-state index contributed by atoms with van der Waals surface area (Å²) < 4.78 is 0. The molecule has 1 rings (SSSR count). The summed E-state index contributed by atoms with van der Waals surface area (Å²) in [5.74, 6) is 1.34. The first-order valence-electron chi connectivity index (χ1n) is 6.94. The molecule has 0 bridgehead atoms. The van der Waals surface area contributed by atoms with Gasteiger partial charge in [-0.15, -0.1) is 0 Å². The molecule has 1 aliphatic rings. The lowest BCUT2D eigenvalue weighted by Crippen LogP contribution is -2.48. The van der Waals surface area contributed by atoms with Crippen LogP contribution >= 0.6 is 0 Å². The minimum Gasteiger partial charge on any atom is -0.341 e. The van der Waals surface area contributed by atoms with Gasteiger partial charge in [-0.25, -0.2) is 0 Å². The van der Waals surface area contributed by atoms with Crippen LogP contribution in [0.3, 0.4) is 0 Å². The van der Waals surface area contributed by atoms with Crippen LogP contribution in [0.1, 0.15) is 52.9 Å². The molecular formula is C14H28N2O. The first-order valence-corrected chi connectivity index (χ1v) is 6.94. The summed E-state index contributed by atoms with van der Waals surface area (Å²) >= 11 is 0. The molecule has 17 heavy (non-hydrogen) atoms. The summed E-state index contributed by atoms with van der Waals surface area (Å²) in [5, 5.41) is 0. The van der Waals surface area contributed by atoms with E-state index in [4.69, 9.17) is 5.73 Å². The zero-order chi connectivity index (χ0) is 13.0. The third kappa shape index (κ3) is 4.30. The number of hydrogen-bond acceptors (Lipinski definition) is 2. The summed E-state index contributed by atoms with van der Waals surface area (Å²) in [7, 11) is 1.92. The fourth-order valence-corrected chi connectivity index (χ4v) is 2.80. The summed E-state index contributed by atoms with van der Waals surface area (Å²) in [4.78, 5) is 14.1. The van der Waals surface area contributed by atoms with Crippen molar-refractivity contribution in [3.63, 3.8) is 0 Å². The van der Waals surface area contributed by atoms with Crippen molar-refractivity contribution >= 4 is 5.91 Å². The van der Waals surface area contributed by atoms with Crippen molar-refractivity contribution in [1.82, 2.24) is 4.90 Å². The maximum Gasteiger partial charge on any atom is 0.239 e. The van der Waals surface area contributed by atoms with Crippen LogP contribution in [0.4, 0.5) is 0 Å². The molecule has 0 spiro atoms. The molecule has 1 saturated carbocycles. The monoisotopic (exact) mass is 240 g/mol. The van der Waals surface area contributed by atoms with Gasteiger partial charge in [0.2, 0.25) is 5.91 Å². The molecule has 0 heterocycles. The second-order valence-electron chi connectivity index (χ2n) is 6.11. The van der Waals surface area contributed by atoms with Gasteiger partial charge in [-0.05, 0) is 31.1 Å². The van der Waals surface area contributed by atoms with E-state index in [1.807, 2.05) is 11.9 Å². The van der Waals surface area contributed by atoms with Gasteiger partial charge in [0.05, 0.1) is 6.04 Å². The zero-order valence-corrected chi connectivity index (χ0v) is 11.8. The largest absolute Gasteiger partial charge is 0.341 e. The molecule has 0 aromatic carbocycles. The number of rotatable bonds is 4. The Morgan fingerprint density at radius 2 is 2.06 bits per heavy atom. The van der Waals surface area contributed by atoms with Gasteiger partial charge in [0.1, 0.15) is 0 Å². The molecule has 2 unspecified atom stereocenters. The van der Waals surface area contributed by atoms with Gasteiger partial charge in [-0.2, -0.15) is 0 Å². The SMILES string of the molecule is CC(C)C[C@@H](N)C(=O)N(C)C1CCCC(C)C1. The van der Waals surface area contributed by atoms with Crippen molar-refractivity contribution in [2.45, 2.75) is 65.0 Å². The Morgan fingerprint density at radius 1 is 1.41 bits per heavy atom. The Morgan fingerprint density at radius 3 is 2.59 bits per heavy atom. The van der Waals surface area contributed by atoms with Crippen LogP contribution in [-0.2, 0) is 4.79 Å². The van der Waals surface area contributed by atoms with E-state index in [1.165, 1.54) is 12.8 Å². The fourth-order valence-electron chi connectivity index (χ4n) is 2.80. The van der Waals surface area contributed by atoms with Crippen LogP contribution in [-0.4, -0.2) is 29.9 Å². The Hall–Kier alpha value is -0.570. The topological polar surface area (TPSA) is 46.3 Å². The van der Waals surface area contributed by atoms with Crippen molar-refractivity contribution in [3.8, 4) is 0 Å². The van der Waals surface area contributed by atoms with Crippen LogP contribution < -0.4 is 5.73 Å². The number of nitrogens with two attached hydrogens (primary N) is 1. The minimum absolute atomic E-state index is 0.123. The van der Waals surface area contributed by atoms with Gasteiger partial charge in [0.25, 0.3) is 0 Å². The first kappa shape index (κ1) is 14.5. The third-order valence-corrected chi connectivity index (χ3v) is 3.85. The molecular weight excluding hydrogens is 212 g/mol. The predicted octanol–water partition coefficient (Wildman–Crippen LogP) is 2.40. The molecule has 0 aromatic rings. The highest BCUT2D eigenvalue weighted by Crippen LogP contribution is 2.27. The van der Waals surface area contributed by atoms with E-state index in [1.54, 1.807) is 0 Å². The van der Waals surface area contributed by atoms with Crippen molar-refractivity contribution in [3.05, 3.63) is 0 Å². The number of amides is 1. The molecule has 2 N–H and O–H groups in total. The highest BCUT2D eigenvalue weighted by Gasteiger charge is 2.28. The number of carbonyl (C=O) groups excluding carboxylic acids is 1. The van der Waals surface area contributed by atoms with Crippen molar-refractivity contribution in [2.75, 3.05) is 7.05 Å². The molecule has 0 radical (unpaired) electrons. The van der Waals surface area contributed by atoms with Crippen molar-refractivity contribution in [2.24, 2.45) is 17.6 Å². The van der Waals surface area contributed by atoms with Gasteiger partial charge >= 0.3 is 0 Å². The lowest BCUT2D eigenvalue weighted by molar-refractivity contribution is -0.134. The van der Waals surface area contributed by atoms with E-state index in [0.29, 0.717) is 12.0 Å². The van der Waals surface area contributed by atoms with Crippen LogP contribution in [0.25, 0.3) is 0 Å². The first-order chi connectivity index (χ1) is 7.91. The van der Waals surface area contributed by atoms with Gasteiger partial charge in [0.15, 0.2) is 0 Å². The molecule has 3 heteroatoms. The molecule has 3 nitrogen and oxygen atoms in total. The normalized spacial score (nSPS) is 26.9. The highest BCUT2D eigenvalue weighted by molar-refractivity contribution is 5.81. The third-order valence-electron chi connectivity index (χ3n) is 3.85. The van der Waals surface area contributed by atoms with E-state index in [0.717, 1.165) is 25.2 Å². The van der Waals surface area contributed by atoms with Gasteiger partial charge in [-0.1, -0.05) is 33.6 Å². The summed E-state index contributed by atoms with van der Waals surface area (Å²) in [6.07, 6.45) is 5.60. The van der Waals surface area contributed by atoms with Crippen LogP contribution in [0, 0.1) is 11.8 Å². The molecule has 1 amide bonds. The van der Waals surface area contributed by atoms with E-state index in [2.05, 4.69) is 20.8 Å². The average Bonchev–Trinajstić information content (AvgIpc) is 2.26. The molecule has 3 atom stereocenters. The molecule has 1 fully saturated rings. The number of nitrogens with zero attached hydrogens (tertiary/aromatic N) is 1. The highest BCUT2D eigenvalue weighted by atomic mass is 16.2. The zero-order valence-electron chi connectivity index (χ0n) is 11.8. The standard InChI is InChI=1S/C14H28N2O/c1-10(2)8-13(15)14(17)16(4)12-7-5-6-11(3)9-12/h10-13H,5-9,15H2,1-4H3/t11?,12?,13-/m1/s1. The molecule has 0 saturated heterocycles. The lowest BCUT2D eigenvalue weighted by atomic mass is 9.86. The molecule has 100 valence electrons. The Bertz CT molecular complexity index is 253. The van der Waals surface area contributed by atoms with Crippen LogP contribution in [0.2, 0.25) is 0 Å². The maximum atomic E-state index is 12.2.